The first kappa shape index (κ1) is 12.5. The molecular weight excluding hydrogens is 430 g/mol. The van der Waals surface area contributed by atoms with Crippen LogP contribution in [0.2, 0.25) is 0 Å². The van der Waals surface area contributed by atoms with Gasteiger partial charge in [-0.3, -0.25) is 4.57 Å². The predicted molar refractivity (Wildman–Crippen MR) is 139 cm³/mol. The Morgan fingerprint density at radius 2 is 1.14 bits per heavy atom. The molecule has 2 heterocycles. The van der Waals surface area contributed by atoms with E-state index < -0.39 is 60.4 Å². The Morgan fingerprint density at radius 3 is 1.80 bits per heavy atom. The third-order valence-corrected chi connectivity index (χ3v) is 5.16. The van der Waals surface area contributed by atoms with Crippen molar-refractivity contribution in [1.82, 2.24) is 24.5 Å². The van der Waals surface area contributed by atoms with Crippen molar-refractivity contribution >= 4 is 0 Å². The quantitative estimate of drug-likeness (QED) is 0.286. The fraction of sp³-hybridized carbons (Fsp3) is 0. The number of rotatable bonds is 5. The highest BCUT2D eigenvalue weighted by Gasteiger charge is 2.17. The van der Waals surface area contributed by atoms with Crippen LogP contribution in [0.4, 0.5) is 0 Å². The van der Waals surface area contributed by atoms with Crippen LogP contribution in [0.15, 0.2) is 127 Å². The van der Waals surface area contributed by atoms with Crippen molar-refractivity contribution < 1.29 is 13.7 Å². The highest BCUT2D eigenvalue weighted by molar-refractivity contribution is 5.73. The predicted octanol–water partition coefficient (Wildman–Crippen LogP) is 6.73. The summed E-state index contributed by atoms with van der Waals surface area (Å²) in [6.45, 7) is 0. The smallest absolute Gasteiger partial charge is 0.166 e. The third kappa shape index (κ3) is 4.11. The first-order chi connectivity index (χ1) is 21.5. The van der Waals surface area contributed by atoms with Crippen molar-refractivity contribution in [3.8, 4) is 51.2 Å². The molecule has 2 aromatic heterocycles. The first-order valence-electron chi connectivity index (χ1n) is 15.6. The van der Waals surface area contributed by atoms with Crippen LogP contribution in [0.25, 0.3) is 51.2 Å². The van der Waals surface area contributed by atoms with Crippen molar-refractivity contribution in [3.05, 3.63) is 127 Å². The molecule has 35 heavy (non-hydrogen) atoms. The van der Waals surface area contributed by atoms with Gasteiger partial charge < -0.3 is 0 Å². The molecule has 0 atom stereocenters. The molecule has 0 aliphatic heterocycles. The van der Waals surface area contributed by atoms with Crippen molar-refractivity contribution in [3.63, 3.8) is 0 Å². The summed E-state index contributed by atoms with van der Waals surface area (Å²) < 4.78 is 84.7. The van der Waals surface area contributed by atoms with Crippen molar-refractivity contribution in [2.75, 3.05) is 0 Å². The summed E-state index contributed by atoms with van der Waals surface area (Å²) in [6, 6.07) is 10.6. The van der Waals surface area contributed by atoms with E-state index in [1.165, 1.54) is 0 Å². The van der Waals surface area contributed by atoms with Gasteiger partial charge in [0.25, 0.3) is 0 Å². The monoisotopic (exact) mass is 461 g/mol. The number of para-hydroxylation sites is 1. The van der Waals surface area contributed by atoms with Gasteiger partial charge in [0.1, 0.15) is 5.82 Å². The second-order valence-electron chi connectivity index (χ2n) is 7.31. The number of imidazole rings is 1. The zero-order chi connectivity index (χ0) is 32.2. The van der Waals surface area contributed by atoms with E-state index in [0.29, 0.717) is 17.1 Å². The van der Waals surface area contributed by atoms with Gasteiger partial charge in [-0.2, -0.15) is 0 Å². The van der Waals surface area contributed by atoms with Crippen LogP contribution in [0.1, 0.15) is 13.7 Å². The number of benzene rings is 4. The van der Waals surface area contributed by atoms with Crippen LogP contribution in [0.5, 0.6) is 0 Å². The number of hydrogen-bond acceptors (Lipinski definition) is 4. The molecule has 0 spiro atoms. The van der Waals surface area contributed by atoms with Crippen LogP contribution < -0.4 is 0 Å². The van der Waals surface area contributed by atoms with Gasteiger partial charge in [-0.1, -0.05) is 103 Å². The van der Waals surface area contributed by atoms with E-state index in [9.17, 15) is 0 Å². The lowest BCUT2D eigenvalue weighted by molar-refractivity contribution is 1.04. The molecule has 0 N–H and O–H groups in total. The molecule has 0 saturated carbocycles. The van der Waals surface area contributed by atoms with Crippen LogP contribution in [0.3, 0.4) is 0 Å². The second kappa shape index (κ2) is 9.15. The topological polar surface area (TPSA) is 56.5 Å². The fourth-order valence-corrected chi connectivity index (χ4v) is 3.62. The summed E-state index contributed by atoms with van der Waals surface area (Å²) in [5.41, 5.74) is 1.15. The molecule has 6 aromatic rings. The molecule has 0 aliphatic rings. The standard InChI is InChI=1S/C30H21N5/c1-4-12-22(13-5-1)27-32-28(23-14-6-2-7-15-23)34-29(33-27)25-18-10-11-19-26(25)35-21-20-31-30(35)24-16-8-3-9-17-24/h1-21H/i1D,2D,4D,5D,6D,7D,12D,13D,14D,15D. The molecule has 166 valence electrons. The third-order valence-electron chi connectivity index (χ3n) is 5.16. The highest BCUT2D eigenvalue weighted by Crippen LogP contribution is 2.30. The van der Waals surface area contributed by atoms with Gasteiger partial charge in [-0.25, -0.2) is 19.9 Å². The average Bonchev–Trinajstić information content (AvgIpc) is 3.55. The molecule has 6 rings (SSSR count). The van der Waals surface area contributed by atoms with Gasteiger partial charge in [0.2, 0.25) is 0 Å². The summed E-state index contributed by atoms with van der Waals surface area (Å²) >= 11 is 0. The Balaban J connectivity index is 1.69. The van der Waals surface area contributed by atoms with Crippen LogP contribution in [0, 0.1) is 0 Å². The summed E-state index contributed by atoms with van der Waals surface area (Å²) in [7, 11) is 0. The number of nitrogens with zero attached hydrogens (tertiary/aromatic N) is 5. The van der Waals surface area contributed by atoms with E-state index in [2.05, 4.69) is 19.9 Å². The average molecular weight is 462 g/mol. The van der Waals surface area contributed by atoms with Crippen molar-refractivity contribution in [2.24, 2.45) is 0 Å². The minimum atomic E-state index is -0.608. The molecule has 0 amide bonds. The largest absolute Gasteiger partial charge is 0.299 e. The van der Waals surface area contributed by atoms with E-state index in [-0.39, 0.29) is 28.6 Å². The molecule has 5 heteroatoms. The van der Waals surface area contributed by atoms with Crippen LogP contribution >= 0.6 is 0 Å². The summed E-state index contributed by atoms with van der Waals surface area (Å²) in [6.07, 6.45) is 3.37. The van der Waals surface area contributed by atoms with Gasteiger partial charge in [0, 0.05) is 34.6 Å². The summed E-state index contributed by atoms with van der Waals surface area (Å²) in [4.78, 5) is 18.0. The maximum absolute atomic E-state index is 8.54. The Hall–Kier alpha value is -4.90. The molecule has 0 fully saturated rings. The molecule has 5 nitrogen and oxygen atoms in total. The lowest BCUT2D eigenvalue weighted by Gasteiger charge is -2.14. The fourth-order valence-electron chi connectivity index (χ4n) is 3.62. The summed E-state index contributed by atoms with van der Waals surface area (Å²) in [5.74, 6) is -0.0872. The maximum atomic E-state index is 8.54. The highest BCUT2D eigenvalue weighted by atomic mass is 15.1. The van der Waals surface area contributed by atoms with Crippen molar-refractivity contribution in [2.45, 2.75) is 0 Å². The first-order valence-corrected chi connectivity index (χ1v) is 10.6. The van der Waals surface area contributed by atoms with E-state index >= 15 is 0 Å². The van der Waals surface area contributed by atoms with Crippen LogP contribution in [-0.2, 0) is 0 Å². The SMILES string of the molecule is [2H]c1c([2H])c([2H])c(-c2nc(-c3ccccc3-n3ccnc3-c3ccccc3)nc(-c3c([2H])c([2H])c([2H])c([2H])c3[2H])n2)c([2H])c1[2H]. The second-order valence-corrected chi connectivity index (χ2v) is 7.31. The van der Waals surface area contributed by atoms with E-state index in [4.69, 9.17) is 13.7 Å². The van der Waals surface area contributed by atoms with Gasteiger partial charge in [0.15, 0.2) is 17.5 Å². The molecule has 4 aromatic carbocycles. The molecule has 0 unspecified atom stereocenters. The molecular formula is C30H21N5. The Bertz CT molecular complexity index is 1990. The lowest BCUT2D eigenvalue weighted by Crippen LogP contribution is -2.04. The molecule has 0 aliphatic carbocycles. The number of hydrogen-bond donors (Lipinski definition) is 0. The van der Waals surface area contributed by atoms with Gasteiger partial charge in [0.05, 0.1) is 19.4 Å². The van der Waals surface area contributed by atoms with Crippen LogP contribution in [-0.4, -0.2) is 24.5 Å². The zero-order valence-corrected chi connectivity index (χ0v) is 18.1. The van der Waals surface area contributed by atoms with E-state index in [0.717, 1.165) is 5.56 Å². The van der Waals surface area contributed by atoms with E-state index in [1.807, 2.05) is 34.9 Å². The number of aromatic nitrogens is 5. The van der Waals surface area contributed by atoms with Gasteiger partial charge >= 0.3 is 0 Å². The normalized spacial score (nSPS) is 14.9. The Kier molecular flexibility index (Phi) is 3.28. The van der Waals surface area contributed by atoms with E-state index in [1.54, 1.807) is 36.7 Å². The molecule has 0 saturated heterocycles. The summed E-state index contributed by atoms with van der Waals surface area (Å²) in [5, 5.41) is 0. The minimum Gasteiger partial charge on any atom is -0.299 e. The maximum Gasteiger partial charge on any atom is 0.166 e. The van der Waals surface area contributed by atoms with Gasteiger partial charge in [-0.05, 0) is 12.1 Å². The van der Waals surface area contributed by atoms with Crippen molar-refractivity contribution in [1.29, 1.82) is 0 Å². The van der Waals surface area contributed by atoms with Gasteiger partial charge in [-0.15, -0.1) is 0 Å². The molecule has 0 bridgehead atoms. The Morgan fingerprint density at radius 1 is 0.571 bits per heavy atom. The molecule has 0 radical (unpaired) electrons. The lowest BCUT2D eigenvalue weighted by atomic mass is 10.1. The zero-order valence-electron chi connectivity index (χ0n) is 28.1. The minimum absolute atomic E-state index is 0.0306. The Labute approximate surface area is 217 Å².